The summed E-state index contributed by atoms with van der Waals surface area (Å²) < 4.78 is 0. The third-order valence-corrected chi connectivity index (χ3v) is 3.90. The van der Waals surface area contributed by atoms with Crippen LogP contribution in [0.3, 0.4) is 0 Å². The van der Waals surface area contributed by atoms with Gasteiger partial charge in [0.25, 0.3) is 0 Å². The molecular formula is C14H28N2O. The Morgan fingerprint density at radius 2 is 1.76 bits per heavy atom. The monoisotopic (exact) mass is 240 g/mol. The molecule has 0 spiro atoms. The number of nitrogens with zero attached hydrogens (tertiary/aromatic N) is 2. The molecule has 0 radical (unpaired) electrons. The van der Waals surface area contributed by atoms with Crippen LogP contribution in [0.4, 0.5) is 0 Å². The van der Waals surface area contributed by atoms with E-state index in [9.17, 15) is 4.79 Å². The molecule has 0 bridgehead atoms. The van der Waals surface area contributed by atoms with Gasteiger partial charge in [-0.25, -0.2) is 0 Å². The number of rotatable bonds is 5. The van der Waals surface area contributed by atoms with Crippen LogP contribution in [0.1, 0.15) is 40.5 Å². The number of hydrogen-bond acceptors (Lipinski definition) is 3. The van der Waals surface area contributed by atoms with Gasteiger partial charge in [0.2, 0.25) is 0 Å². The average Bonchev–Trinajstić information content (AvgIpc) is 2.28. The van der Waals surface area contributed by atoms with Gasteiger partial charge >= 0.3 is 0 Å². The Balaban J connectivity index is 2.35. The number of carbonyl (C=O) groups excluding carboxylic acids is 1. The fourth-order valence-electron chi connectivity index (χ4n) is 2.40. The maximum atomic E-state index is 11.7. The van der Waals surface area contributed by atoms with Crippen LogP contribution in [-0.4, -0.2) is 54.3 Å². The van der Waals surface area contributed by atoms with E-state index in [1.807, 2.05) is 13.8 Å². The molecule has 17 heavy (non-hydrogen) atoms. The number of likely N-dealkylation sites (tertiary alicyclic amines) is 1. The topological polar surface area (TPSA) is 23.6 Å². The van der Waals surface area contributed by atoms with Crippen LogP contribution in [0.2, 0.25) is 0 Å². The molecule has 0 saturated carbocycles. The smallest absolute Gasteiger partial charge is 0.149 e. The Hall–Kier alpha value is -0.410. The van der Waals surface area contributed by atoms with E-state index in [4.69, 9.17) is 0 Å². The van der Waals surface area contributed by atoms with E-state index < -0.39 is 0 Å². The van der Waals surface area contributed by atoms with Crippen LogP contribution < -0.4 is 0 Å². The second kappa shape index (κ2) is 6.50. The first-order valence-electron chi connectivity index (χ1n) is 6.88. The summed E-state index contributed by atoms with van der Waals surface area (Å²) in [6, 6.07) is 1.24. The molecule has 0 amide bonds. The van der Waals surface area contributed by atoms with Gasteiger partial charge in [0.1, 0.15) is 5.78 Å². The summed E-state index contributed by atoms with van der Waals surface area (Å²) in [5, 5.41) is 0. The fraction of sp³-hybridized carbons (Fsp3) is 0.929. The van der Waals surface area contributed by atoms with Crippen molar-refractivity contribution < 1.29 is 4.79 Å². The van der Waals surface area contributed by atoms with Crippen molar-refractivity contribution in [3.8, 4) is 0 Å². The van der Waals surface area contributed by atoms with E-state index >= 15 is 0 Å². The number of ketones is 1. The standard InChI is InChI=1S/C14H28N2O/c1-11(2)14(17)10-15(5)13-6-8-16(9-7-13)12(3)4/h11-13H,6-10H2,1-5H3. The normalized spacial score (nSPS) is 19.5. The highest BCUT2D eigenvalue weighted by molar-refractivity contribution is 5.82. The zero-order valence-electron chi connectivity index (χ0n) is 12.1. The first kappa shape index (κ1) is 14.7. The van der Waals surface area contributed by atoms with Crippen LogP contribution in [0.15, 0.2) is 0 Å². The molecule has 1 heterocycles. The molecule has 1 aliphatic rings. The minimum Gasteiger partial charge on any atom is -0.301 e. The van der Waals surface area contributed by atoms with Crippen LogP contribution >= 0.6 is 0 Å². The van der Waals surface area contributed by atoms with Crippen LogP contribution in [0.5, 0.6) is 0 Å². The van der Waals surface area contributed by atoms with Gasteiger partial charge in [0, 0.05) is 18.0 Å². The van der Waals surface area contributed by atoms with Gasteiger partial charge in [-0.05, 0) is 46.8 Å². The molecule has 0 N–H and O–H groups in total. The van der Waals surface area contributed by atoms with Gasteiger partial charge in [-0.2, -0.15) is 0 Å². The maximum Gasteiger partial charge on any atom is 0.149 e. The molecule has 1 rings (SSSR count). The highest BCUT2D eigenvalue weighted by Crippen LogP contribution is 2.17. The van der Waals surface area contributed by atoms with Gasteiger partial charge in [0.05, 0.1) is 6.54 Å². The van der Waals surface area contributed by atoms with Gasteiger partial charge < -0.3 is 4.90 Å². The lowest BCUT2D eigenvalue weighted by molar-refractivity contribution is -0.123. The fourth-order valence-corrected chi connectivity index (χ4v) is 2.40. The van der Waals surface area contributed by atoms with Gasteiger partial charge in [-0.15, -0.1) is 0 Å². The molecular weight excluding hydrogens is 212 g/mol. The summed E-state index contributed by atoms with van der Waals surface area (Å²) >= 11 is 0. The third-order valence-electron chi connectivity index (χ3n) is 3.90. The molecule has 0 unspecified atom stereocenters. The maximum absolute atomic E-state index is 11.7. The molecule has 0 atom stereocenters. The predicted octanol–water partition coefficient (Wildman–Crippen LogP) is 2.02. The van der Waals surface area contributed by atoms with Crippen molar-refractivity contribution in [3.05, 3.63) is 0 Å². The van der Waals surface area contributed by atoms with Crippen molar-refractivity contribution in [1.82, 2.24) is 9.80 Å². The van der Waals surface area contributed by atoms with Crippen LogP contribution in [0.25, 0.3) is 0 Å². The van der Waals surface area contributed by atoms with E-state index in [1.54, 1.807) is 0 Å². The van der Waals surface area contributed by atoms with Gasteiger partial charge in [-0.3, -0.25) is 9.69 Å². The number of hydrogen-bond donors (Lipinski definition) is 0. The largest absolute Gasteiger partial charge is 0.301 e. The average molecular weight is 240 g/mol. The van der Waals surface area contributed by atoms with Crippen molar-refractivity contribution in [2.75, 3.05) is 26.7 Å². The Morgan fingerprint density at radius 1 is 1.24 bits per heavy atom. The van der Waals surface area contributed by atoms with Crippen molar-refractivity contribution >= 4 is 5.78 Å². The first-order chi connectivity index (χ1) is 7.91. The van der Waals surface area contributed by atoms with Crippen LogP contribution in [0, 0.1) is 5.92 Å². The molecule has 100 valence electrons. The Morgan fingerprint density at radius 3 is 2.18 bits per heavy atom. The summed E-state index contributed by atoms with van der Waals surface area (Å²) in [4.78, 5) is 16.5. The number of likely N-dealkylation sites (N-methyl/N-ethyl adjacent to an activating group) is 1. The first-order valence-corrected chi connectivity index (χ1v) is 6.88. The second-order valence-electron chi connectivity index (χ2n) is 5.90. The van der Waals surface area contributed by atoms with E-state index in [0.29, 0.717) is 24.4 Å². The zero-order valence-corrected chi connectivity index (χ0v) is 12.1. The Labute approximate surface area is 106 Å². The van der Waals surface area contributed by atoms with Crippen molar-refractivity contribution in [3.63, 3.8) is 0 Å². The van der Waals surface area contributed by atoms with E-state index in [1.165, 1.54) is 25.9 Å². The molecule has 0 aromatic carbocycles. The Bertz CT molecular complexity index is 243. The zero-order chi connectivity index (χ0) is 13.0. The van der Waals surface area contributed by atoms with E-state index in [-0.39, 0.29) is 5.92 Å². The molecule has 3 heteroatoms. The molecule has 1 fully saturated rings. The summed E-state index contributed by atoms with van der Waals surface area (Å²) in [7, 11) is 2.09. The summed E-state index contributed by atoms with van der Waals surface area (Å²) in [6.07, 6.45) is 2.39. The summed E-state index contributed by atoms with van der Waals surface area (Å²) in [5.74, 6) is 0.520. The molecule has 0 aromatic heterocycles. The molecule has 0 aliphatic carbocycles. The highest BCUT2D eigenvalue weighted by Gasteiger charge is 2.24. The molecule has 1 aliphatic heterocycles. The SMILES string of the molecule is CC(C)C(=O)CN(C)C1CCN(C(C)C)CC1. The van der Waals surface area contributed by atoms with Crippen molar-refractivity contribution in [2.45, 2.75) is 52.6 Å². The number of carbonyl (C=O) groups is 1. The summed E-state index contributed by atoms with van der Waals surface area (Å²) in [5.41, 5.74) is 0. The van der Waals surface area contributed by atoms with Gasteiger partial charge in [0.15, 0.2) is 0 Å². The minimum atomic E-state index is 0.160. The Kier molecular flexibility index (Phi) is 5.60. The lowest BCUT2D eigenvalue weighted by Gasteiger charge is -2.38. The quantitative estimate of drug-likeness (QED) is 0.734. The molecule has 1 saturated heterocycles. The molecule has 0 aromatic rings. The summed E-state index contributed by atoms with van der Waals surface area (Å²) in [6.45, 7) is 11.4. The van der Waals surface area contributed by atoms with Crippen LogP contribution in [-0.2, 0) is 4.79 Å². The lowest BCUT2D eigenvalue weighted by Crippen LogP contribution is -2.47. The highest BCUT2D eigenvalue weighted by atomic mass is 16.1. The number of Topliss-reactive ketones (excluding diaryl/α,β-unsaturated/α-hetero) is 1. The molecule has 3 nitrogen and oxygen atoms in total. The minimum absolute atomic E-state index is 0.160. The van der Waals surface area contributed by atoms with Crippen molar-refractivity contribution in [2.24, 2.45) is 5.92 Å². The lowest BCUT2D eigenvalue weighted by atomic mass is 10.0. The van der Waals surface area contributed by atoms with E-state index in [2.05, 4.69) is 30.7 Å². The van der Waals surface area contributed by atoms with E-state index in [0.717, 1.165) is 0 Å². The second-order valence-corrected chi connectivity index (χ2v) is 5.90. The third kappa shape index (κ3) is 4.40. The van der Waals surface area contributed by atoms with Gasteiger partial charge in [-0.1, -0.05) is 13.8 Å². The number of piperidine rings is 1. The predicted molar refractivity (Wildman–Crippen MR) is 72.2 cm³/mol. The van der Waals surface area contributed by atoms with Crippen molar-refractivity contribution in [1.29, 1.82) is 0 Å².